The first-order valence-corrected chi connectivity index (χ1v) is 9.45. The van der Waals surface area contributed by atoms with Gasteiger partial charge in [-0.3, -0.25) is 9.52 Å². The van der Waals surface area contributed by atoms with Gasteiger partial charge in [-0.15, -0.1) is 0 Å². The topological polar surface area (TPSA) is 84.5 Å². The molecule has 0 aliphatic heterocycles. The van der Waals surface area contributed by atoms with E-state index in [9.17, 15) is 26.4 Å². The van der Waals surface area contributed by atoms with Crippen molar-refractivity contribution in [3.05, 3.63) is 53.1 Å². The van der Waals surface area contributed by atoms with Gasteiger partial charge in [-0.25, -0.2) is 8.42 Å². The van der Waals surface area contributed by atoms with E-state index in [0.29, 0.717) is 11.8 Å². The first-order valence-electron chi connectivity index (χ1n) is 7.56. The highest BCUT2D eigenvalue weighted by Gasteiger charge is 2.31. The van der Waals surface area contributed by atoms with Crippen LogP contribution in [0.2, 0.25) is 0 Å². The van der Waals surface area contributed by atoms with Crippen LogP contribution in [0.25, 0.3) is 0 Å². The monoisotopic (exact) mass is 402 g/mol. The van der Waals surface area contributed by atoms with Crippen molar-refractivity contribution >= 4 is 27.3 Å². The molecule has 0 spiro atoms. The number of anilines is 2. The van der Waals surface area contributed by atoms with Gasteiger partial charge in [0.2, 0.25) is 10.0 Å². The fourth-order valence-corrected chi connectivity index (χ4v) is 2.85. The van der Waals surface area contributed by atoms with Crippen LogP contribution in [0, 0.1) is 6.92 Å². The Morgan fingerprint density at radius 3 is 2.30 bits per heavy atom. The summed E-state index contributed by atoms with van der Waals surface area (Å²) in [6.07, 6.45) is -3.81. The number of ether oxygens (including phenoxy) is 1. The van der Waals surface area contributed by atoms with Gasteiger partial charge in [0.25, 0.3) is 5.91 Å². The van der Waals surface area contributed by atoms with Crippen LogP contribution in [-0.2, 0) is 16.2 Å². The van der Waals surface area contributed by atoms with Crippen molar-refractivity contribution in [3.8, 4) is 5.75 Å². The number of sulfonamides is 1. The minimum atomic E-state index is -4.66. The summed E-state index contributed by atoms with van der Waals surface area (Å²) in [5.41, 5.74) is -0.622. The molecule has 0 fully saturated rings. The molecule has 0 aliphatic rings. The SMILES string of the molecule is COc1cc(C(=O)Nc2cc(C(F)(F)F)ccc2NS(C)(=O)=O)ccc1C. The molecular weight excluding hydrogens is 385 g/mol. The number of benzene rings is 2. The number of carbonyl (C=O) groups is 1. The Kier molecular flexibility index (Phi) is 5.69. The Morgan fingerprint density at radius 1 is 1.07 bits per heavy atom. The zero-order chi connectivity index (χ0) is 20.4. The van der Waals surface area contributed by atoms with Crippen LogP contribution in [0.3, 0.4) is 0 Å². The fraction of sp³-hybridized carbons (Fsp3) is 0.235. The van der Waals surface area contributed by atoms with Crippen molar-refractivity contribution in [2.45, 2.75) is 13.1 Å². The van der Waals surface area contributed by atoms with Crippen molar-refractivity contribution < 1.29 is 31.1 Å². The Labute approximate surface area is 154 Å². The summed E-state index contributed by atoms with van der Waals surface area (Å²) in [4.78, 5) is 12.4. The first-order chi connectivity index (χ1) is 12.4. The number of methoxy groups -OCH3 is 1. The highest BCUT2D eigenvalue weighted by molar-refractivity contribution is 7.92. The van der Waals surface area contributed by atoms with E-state index in [1.807, 2.05) is 0 Å². The van der Waals surface area contributed by atoms with Crippen molar-refractivity contribution in [3.63, 3.8) is 0 Å². The van der Waals surface area contributed by atoms with Crippen LogP contribution in [0.15, 0.2) is 36.4 Å². The molecule has 0 saturated heterocycles. The van der Waals surface area contributed by atoms with Gasteiger partial charge in [0.15, 0.2) is 0 Å². The van der Waals surface area contributed by atoms with Gasteiger partial charge in [0.05, 0.1) is 30.3 Å². The number of carbonyl (C=O) groups excluding carboxylic acids is 1. The molecule has 0 atom stereocenters. The van der Waals surface area contributed by atoms with E-state index >= 15 is 0 Å². The molecular formula is C17H17F3N2O4S. The van der Waals surface area contributed by atoms with Gasteiger partial charge in [0.1, 0.15) is 5.75 Å². The molecule has 2 rings (SSSR count). The van der Waals surface area contributed by atoms with Crippen LogP contribution in [0.4, 0.5) is 24.5 Å². The van der Waals surface area contributed by atoms with Crippen LogP contribution in [-0.4, -0.2) is 27.7 Å². The van der Waals surface area contributed by atoms with Crippen molar-refractivity contribution in [2.75, 3.05) is 23.4 Å². The second-order valence-electron chi connectivity index (χ2n) is 5.77. The van der Waals surface area contributed by atoms with Crippen molar-refractivity contribution in [1.29, 1.82) is 0 Å². The highest BCUT2D eigenvalue weighted by Crippen LogP contribution is 2.34. The third-order valence-electron chi connectivity index (χ3n) is 3.56. The summed E-state index contributed by atoms with van der Waals surface area (Å²) in [7, 11) is -2.35. The standard InChI is InChI=1S/C17H17F3N2O4S/c1-10-4-5-11(8-15(10)26-2)16(23)21-14-9-12(17(18,19)20)6-7-13(14)22-27(3,24)25/h4-9,22H,1-3H3,(H,21,23). The van der Waals surface area contributed by atoms with Crippen LogP contribution >= 0.6 is 0 Å². The predicted molar refractivity (Wildman–Crippen MR) is 95.6 cm³/mol. The predicted octanol–water partition coefficient (Wildman–Crippen LogP) is 3.65. The smallest absolute Gasteiger partial charge is 0.416 e. The molecule has 2 N–H and O–H groups in total. The van der Waals surface area contributed by atoms with Gasteiger partial charge < -0.3 is 10.1 Å². The lowest BCUT2D eigenvalue weighted by molar-refractivity contribution is -0.137. The molecule has 2 aromatic rings. The maximum atomic E-state index is 13.0. The van der Waals surface area contributed by atoms with E-state index in [1.54, 1.807) is 13.0 Å². The summed E-state index contributed by atoms with van der Waals surface area (Å²) in [5.74, 6) is -0.287. The van der Waals surface area contributed by atoms with Gasteiger partial charge >= 0.3 is 6.18 Å². The number of rotatable bonds is 5. The number of nitrogens with one attached hydrogen (secondary N) is 2. The summed E-state index contributed by atoms with van der Waals surface area (Å²) in [5, 5.41) is 2.31. The average Bonchev–Trinajstić information content (AvgIpc) is 2.54. The first kappa shape index (κ1) is 20.6. The maximum Gasteiger partial charge on any atom is 0.416 e. The third-order valence-corrected chi connectivity index (χ3v) is 4.15. The zero-order valence-corrected chi connectivity index (χ0v) is 15.5. The largest absolute Gasteiger partial charge is 0.496 e. The molecule has 0 aliphatic carbocycles. The molecule has 0 radical (unpaired) electrons. The second-order valence-corrected chi connectivity index (χ2v) is 7.52. The minimum absolute atomic E-state index is 0.139. The Balaban J connectivity index is 2.44. The zero-order valence-electron chi connectivity index (χ0n) is 14.6. The molecule has 0 unspecified atom stereocenters. The summed E-state index contributed by atoms with van der Waals surface area (Å²) in [6.45, 7) is 1.77. The molecule has 10 heteroatoms. The van der Waals surface area contributed by atoms with Crippen LogP contribution in [0.1, 0.15) is 21.5 Å². The van der Waals surface area contributed by atoms with Crippen molar-refractivity contribution in [1.82, 2.24) is 0 Å². The van der Waals surface area contributed by atoms with Gasteiger partial charge in [-0.05, 0) is 42.8 Å². The number of aryl methyl sites for hydroxylation is 1. The van der Waals surface area contributed by atoms with E-state index in [-0.39, 0.29) is 16.9 Å². The number of amides is 1. The Morgan fingerprint density at radius 2 is 1.74 bits per heavy atom. The minimum Gasteiger partial charge on any atom is -0.496 e. The average molecular weight is 402 g/mol. The van der Waals surface area contributed by atoms with E-state index in [0.717, 1.165) is 24.0 Å². The molecule has 27 heavy (non-hydrogen) atoms. The summed E-state index contributed by atoms with van der Waals surface area (Å²) in [6, 6.07) is 6.85. The van der Waals surface area contributed by atoms with Crippen LogP contribution < -0.4 is 14.8 Å². The van der Waals surface area contributed by atoms with Gasteiger partial charge in [-0.1, -0.05) is 6.07 Å². The highest BCUT2D eigenvalue weighted by atomic mass is 32.2. The summed E-state index contributed by atoms with van der Waals surface area (Å²) >= 11 is 0. The Hall–Kier alpha value is -2.75. The molecule has 1 amide bonds. The second kappa shape index (κ2) is 7.47. The summed E-state index contributed by atoms with van der Waals surface area (Å²) < 4.78 is 69.0. The molecule has 2 aromatic carbocycles. The fourth-order valence-electron chi connectivity index (χ4n) is 2.27. The number of hydrogen-bond acceptors (Lipinski definition) is 4. The molecule has 0 heterocycles. The normalized spacial score (nSPS) is 11.8. The van der Waals surface area contributed by atoms with Crippen molar-refractivity contribution in [2.24, 2.45) is 0 Å². The maximum absolute atomic E-state index is 13.0. The third kappa shape index (κ3) is 5.36. The molecule has 6 nitrogen and oxygen atoms in total. The quantitative estimate of drug-likeness (QED) is 0.800. The molecule has 0 bridgehead atoms. The molecule has 0 aromatic heterocycles. The Bertz CT molecular complexity index is 973. The lowest BCUT2D eigenvalue weighted by Gasteiger charge is -2.15. The lowest BCUT2D eigenvalue weighted by Crippen LogP contribution is -2.17. The number of hydrogen-bond donors (Lipinski definition) is 2. The number of alkyl halides is 3. The molecule has 146 valence electrons. The van der Waals surface area contributed by atoms with E-state index < -0.39 is 27.7 Å². The van der Waals surface area contributed by atoms with E-state index in [2.05, 4.69) is 10.0 Å². The number of halogens is 3. The molecule has 0 saturated carbocycles. The lowest BCUT2D eigenvalue weighted by atomic mass is 10.1. The van der Waals surface area contributed by atoms with Gasteiger partial charge in [-0.2, -0.15) is 13.2 Å². The van der Waals surface area contributed by atoms with Gasteiger partial charge in [0, 0.05) is 5.56 Å². The van der Waals surface area contributed by atoms with E-state index in [1.165, 1.54) is 19.2 Å². The van der Waals surface area contributed by atoms with Crippen LogP contribution in [0.5, 0.6) is 5.75 Å². The van der Waals surface area contributed by atoms with E-state index in [4.69, 9.17) is 4.74 Å².